The van der Waals surface area contributed by atoms with E-state index < -0.39 is 16.1 Å². The van der Waals surface area contributed by atoms with Crippen molar-refractivity contribution in [3.05, 3.63) is 65.2 Å². The minimum absolute atomic E-state index is 0.0571. The molecule has 1 aliphatic carbocycles. The highest BCUT2D eigenvalue weighted by Crippen LogP contribution is 2.31. The van der Waals surface area contributed by atoms with Crippen LogP contribution in [0.4, 0.5) is 0 Å². The van der Waals surface area contributed by atoms with E-state index in [1.807, 2.05) is 42.5 Å². The van der Waals surface area contributed by atoms with Crippen molar-refractivity contribution in [2.45, 2.75) is 43.1 Å². The number of aliphatic hydroxyl groups is 1. The molecule has 188 valence electrons. The number of nitrogens with zero attached hydrogens (tertiary/aromatic N) is 3. The van der Waals surface area contributed by atoms with Gasteiger partial charge >= 0.3 is 0 Å². The number of benzene rings is 2. The highest BCUT2D eigenvalue weighted by Gasteiger charge is 2.32. The van der Waals surface area contributed by atoms with Crippen molar-refractivity contribution in [1.29, 1.82) is 0 Å². The van der Waals surface area contributed by atoms with Crippen LogP contribution in [-0.2, 0) is 27.7 Å². The first-order valence-corrected chi connectivity index (χ1v) is 14.2. The van der Waals surface area contributed by atoms with Crippen LogP contribution < -0.4 is 0 Å². The number of piperazine rings is 1. The molecule has 0 aromatic heterocycles. The number of aryl methyl sites for hydroxylation is 2. The Morgan fingerprint density at radius 2 is 1.60 bits per heavy atom. The summed E-state index contributed by atoms with van der Waals surface area (Å²) in [5.74, 6) is 0.262. The SMILES string of the molecule is O=C(CN1CCC([C@@H](O)c2ccccc2)CC1)N1CCN(S(=O)(=O)c2ccc3c(c2)CCC3)CC1. The van der Waals surface area contributed by atoms with Crippen LogP contribution >= 0.6 is 0 Å². The van der Waals surface area contributed by atoms with Gasteiger partial charge in [0.05, 0.1) is 17.5 Å². The lowest BCUT2D eigenvalue weighted by Gasteiger charge is -2.37. The lowest BCUT2D eigenvalue weighted by Crippen LogP contribution is -2.53. The molecule has 1 amide bonds. The second kappa shape index (κ2) is 10.4. The maximum absolute atomic E-state index is 13.2. The number of hydrogen-bond donors (Lipinski definition) is 1. The van der Waals surface area contributed by atoms with Crippen LogP contribution in [0.3, 0.4) is 0 Å². The average molecular weight is 498 g/mol. The van der Waals surface area contributed by atoms with Crippen molar-refractivity contribution >= 4 is 15.9 Å². The number of hydrogen-bond acceptors (Lipinski definition) is 5. The van der Waals surface area contributed by atoms with Crippen molar-refractivity contribution in [3.8, 4) is 0 Å². The summed E-state index contributed by atoms with van der Waals surface area (Å²) in [6.07, 6.45) is 4.32. The van der Waals surface area contributed by atoms with Crippen molar-refractivity contribution in [2.24, 2.45) is 5.92 Å². The van der Waals surface area contributed by atoms with Gasteiger partial charge in [0, 0.05) is 26.2 Å². The number of piperidine rings is 1. The number of likely N-dealkylation sites (tertiary alicyclic amines) is 1. The molecule has 2 fully saturated rings. The zero-order chi connectivity index (χ0) is 24.4. The molecule has 35 heavy (non-hydrogen) atoms. The Balaban J connectivity index is 1.10. The van der Waals surface area contributed by atoms with Crippen LogP contribution in [0.2, 0.25) is 0 Å². The molecule has 0 unspecified atom stereocenters. The Kier molecular flexibility index (Phi) is 7.25. The quantitative estimate of drug-likeness (QED) is 0.663. The number of fused-ring (bicyclic) bond motifs is 1. The van der Waals surface area contributed by atoms with Gasteiger partial charge in [0.1, 0.15) is 0 Å². The molecular formula is C27H35N3O4S. The molecule has 8 heteroatoms. The number of aliphatic hydroxyl groups excluding tert-OH is 1. The molecule has 0 bridgehead atoms. The molecule has 0 saturated carbocycles. The van der Waals surface area contributed by atoms with E-state index in [4.69, 9.17) is 0 Å². The summed E-state index contributed by atoms with van der Waals surface area (Å²) in [5, 5.41) is 10.7. The summed E-state index contributed by atoms with van der Waals surface area (Å²) in [5.41, 5.74) is 3.37. The number of carbonyl (C=O) groups excluding carboxylic acids is 1. The van der Waals surface area contributed by atoms with Gasteiger partial charge < -0.3 is 10.0 Å². The van der Waals surface area contributed by atoms with E-state index in [9.17, 15) is 18.3 Å². The minimum Gasteiger partial charge on any atom is -0.388 e. The van der Waals surface area contributed by atoms with Gasteiger partial charge in [-0.25, -0.2) is 8.42 Å². The monoisotopic (exact) mass is 497 g/mol. The third-order valence-electron chi connectivity index (χ3n) is 7.88. The molecule has 5 rings (SSSR count). The third-order valence-corrected chi connectivity index (χ3v) is 9.77. The largest absolute Gasteiger partial charge is 0.388 e. The predicted molar refractivity (Wildman–Crippen MR) is 134 cm³/mol. The maximum Gasteiger partial charge on any atom is 0.243 e. The highest BCUT2D eigenvalue weighted by atomic mass is 32.2. The summed E-state index contributed by atoms with van der Waals surface area (Å²) in [7, 11) is -3.54. The van der Waals surface area contributed by atoms with Gasteiger partial charge in [-0.2, -0.15) is 4.31 Å². The summed E-state index contributed by atoms with van der Waals surface area (Å²) in [4.78, 5) is 17.2. The Labute approximate surface area is 208 Å². The van der Waals surface area contributed by atoms with Crippen molar-refractivity contribution in [2.75, 3.05) is 45.8 Å². The van der Waals surface area contributed by atoms with E-state index in [0.717, 1.165) is 56.3 Å². The van der Waals surface area contributed by atoms with Gasteiger partial charge in [-0.1, -0.05) is 36.4 Å². The molecule has 0 spiro atoms. The molecule has 2 saturated heterocycles. The topological polar surface area (TPSA) is 81.2 Å². The number of amides is 1. The number of rotatable bonds is 6. The molecule has 2 aromatic rings. The average Bonchev–Trinajstić information content (AvgIpc) is 3.37. The fourth-order valence-electron chi connectivity index (χ4n) is 5.68. The van der Waals surface area contributed by atoms with Crippen LogP contribution in [0, 0.1) is 5.92 Å². The maximum atomic E-state index is 13.2. The Hall–Kier alpha value is -2.26. The fourth-order valence-corrected chi connectivity index (χ4v) is 7.15. The summed E-state index contributed by atoms with van der Waals surface area (Å²) >= 11 is 0. The van der Waals surface area contributed by atoms with E-state index in [-0.39, 0.29) is 11.8 Å². The Morgan fingerprint density at radius 1 is 0.914 bits per heavy atom. The molecule has 2 heterocycles. The third kappa shape index (κ3) is 5.31. The smallest absolute Gasteiger partial charge is 0.243 e. The van der Waals surface area contributed by atoms with Crippen LogP contribution in [-0.4, -0.2) is 79.3 Å². The highest BCUT2D eigenvalue weighted by molar-refractivity contribution is 7.89. The second-order valence-electron chi connectivity index (χ2n) is 10.0. The molecule has 0 radical (unpaired) electrons. The van der Waals surface area contributed by atoms with Gasteiger partial charge in [-0.15, -0.1) is 0 Å². The fraction of sp³-hybridized carbons (Fsp3) is 0.519. The molecule has 7 nitrogen and oxygen atoms in total. The van der Waals surface area contributed by atoms with Crippen molar-refractivity contribution in [1.82, 2.24) is 14.1 Å². The van der Waals surface area contributed by atoms with Crippen molar-refractivity contribution < 1.29 is 18.3 Å². The first-order valence-electron chi connectivity index (χ1n) is 12.8. The normalized spacial score (nSPS) is 21.1. The van der Waals surface area contributed by atoms with Crippen molar-refractivity contribution in [3.63, 3.8) is 0 Å². The predicted octanol–water partition coefficient (Wildman–Crippen LogP) is 2.45. The Bertz CT molecular complexity index is 1140. The molecular weight excluding hydrogens is 462 g/mol. The zero-order valence-corrected chi connectivity index (χ0v) is 21.0. The molecule has 2 aliphatic heterocycles. The summed E-state index contributed by atoms with van der Waals surface area (Å²) in [6.45, 7) is 3.43. The molecule has 2 aromatic carbocycles. The summed E-state index contributed by atoms with van der Waals surface area (Å²) < 4.78 is 27.8. The van der Waals surface area contributed by atoms with Gasteiger partial charge in [-0.05, 0) is 79.9 Å². The second-order valence-corrected chi connectivity index (χ2v) is 12.0. The van der Waals surface area contributed by atoms with Crippen LogP contribution in [0.25, 0.3) is 0 Å². The number of carbonyl (C=O) groups is 1. The van der Waals surface area contributed by atoms with Crippen LogP contribution in [0.5, 0.6) is 0 Å². The van der Waals surface area contributed by atoms with E-state index in [0.29, 0.717) is 37.6 Å². The van der Waals surface area contributed by atoms with E-state index in [1.165, 1.54) is 9.87 Å². The van der Waals surface area contributed by atoms with E-state index >= 15 is 0 Å². The van der Waals surface area contributed by atoms with Crippen LogP contribution in [0.1, 0.15) is 42.1 Å². The first kappa shape index (κ1) is 24.4. The van der Waals surface area contributed by atoms with Gasteiger partial charge in [0.2, 0.25) is 15.9 Å². The first-order chi connectivity index (χ1) is 16.9. The molecule has 1 atom stereocenters. The molecule has 3 aliphatic rings. The lowest BCUT2D eigenvalue weighted by molar-refractivity contribution is -0.134. The lowest BCUT2D eigenvalue weighted by atomic mass is 9.87. The standard InChI is InChI=1S/C27H35N3O4S/c31-26(20-28-13-11-23(12-14-28)27(32)22-5-2-1-3-6-22)29-15-17-30(18-16-29)35(33,34)25-10-9-21-7-4-8-24(21)19-25/h1-3,5-6,9-10,19,23,27,32H,4,7-8,11-18,20H2/t27-/m0/s1. The summed E-state index contributed by atoms with van der Waals surface area (Å²) in [6, 6.07) is 15.3. The van der Waals surface area contributed by atoms with Gasteiger partial charge in [-0.3, -0.25) is 9.69 Å². The number of sulfonamides is 1. The molecule has 1 N–H and O–H groups in total. The van der Waals surface area contributed by atoms with E-state index in [2.05, 4.69) is 4.90 Å². The Morgan fingerprint density at radius 3 is 2.31 bits per heavy atom. The minimum atomic E-state index is -3.54. The van der Waals surface area contributed by atoms with Gasteiger partial charge in [0.25, 0.3) is 0 Å². The zero-order valence-electron chi connectivity index (χ0n) is 20.2. The van der Waals surface area contributed by atoms with Crippen LogP contribution in [0.15, 0.2) is 53.4 Å². The van der Waals surface area contributed by atoms with E-state index in [1.54, 1.807) is 11.0 Å². The van der Waals surface area contributed by atoms with Gasteiger partial charge in [0.15, 0.2) is 0 Å².